The van der Waals surface area contributed by atoms with Crippen molar-refractivity contribution in [1.29, 1.82) is 0 Å². The van der Waals surface area contributed by atoms with Crippen molar-refractivity contribution in [2.75, 3.05) is 19.1 Å². The Bertz CT molecular complexity index is 670. The molecule has 0 radical (unpaired) electrons. The van der Waals surface area contributed by atoms with E-state index in [0.29, 0.717) is 5.75 Å². The molecule has 4 nitrogen and oxygen atoms in total. The molecule has 0 aliphatic heterocycles. The Morgan fingerprint density at radius 1 is 1.17 bits per heavy atom. The fourth-order valence-electron chi connectivity index (χ4n) is 1.88. The molecule has 0 heterocycles. The number of amides is 1. The minimum Gasteiger partial charge on any atom is -0.497 e. The third-order valence-corrected chi connectivity index (χ3v) is 4.93. The Balaban J connectivity index is 1.69. The van der Waals surface area contributed by atoms with Crippen molar-refractivity contribution in [2.45, 2.75) is 10.6 Å². The van der Waals surface area contributed by atoms with Crippen LogP contribution < -0.4 is 10.2 Å². The van der Waals surface area contributed by atoms with Gasteiger partial charge < -0.3 is 4.74 Å². The van der Waals surface area contributed by atoms with E-state index in [4.69, 9.17) is 4.74 Å². The van der Waals surface area contributed by atoms with Gasteiger partial charge in [0.2, 0.25) is 5.91 Å². The van der Waals surface area contributed by atoms with Crippen molar-refractivity contribution < 1.29 is 9.53 Å². The topological polar surface area (TPSA) is 50.7 Å². The molecule has 0 bridgehead atoms. The molecule has 0 spiro atoms. The van der Waals surface area contributed by atoms with Gasteiger partial charge in [-0.05, 0) is 41.6 Å². The molecule has 0 aliphatic carbocycles. The molecule has 1 N–H and O–H groups in total. The standard InChI is InChI=1S/C18H20N2O2S2/c1-22-16-7-3-15(4-8-16)12-24-13-18(21)20-19-11-14-5-9-17(23-2)10-6-14/h3-11H,12-13H2,1-2H3,(H,20,21)/b19-11-. The highest BCUT2D eigenvalue weighted by molar-refractivity contribution is 7.99. The summed E-state index contributed by atoms with van der Waals surface area (Å²) in [6.45, 7) is 0. The summed E-state index contributed by atoms with van der Waals surface area (Å²) in [4.78, 5) is 13.0. The second-order valence-electron chi connectivity index (χ2n) is 4.91. The molecule has 2 rings (SSSR count). The average Bonchev–Trinajstić information content (AvgIpc) is 2.63. The number of ether oxygens (including phenoxy) is 1. The first-order valence-electron chi connectivity index (χ1n) is 7.38. The monoisotopic (exact) mass is 360 g/mol. The first-order chi connectivity index (χ1) is 11.7. The molecule has 2 aromatic rings. The summed E-state index contributed by atoms with van der Waals surface area (Å²) in [5, 5.41) is 3.98. The molecule has 0 saturated heterocycles. The van der Waals surface area contributed by atoms with E-state index in [0.717, 1.165) is 22.6 Å². The van der Waals surface area contributed by atoms with E-state index in [1.54, 1.807) is 36.8 Å². The lowest BCUT2D eigenvalue weighted by atomic mass is 10.2. The van der Waals surface area contributed by atoms with E-state index < -0.39 is 0 Å². The number of methoxy groups -OCH3 is 1. The highest BCUT2D eigenvalue weighted by Gasteiger charge is 2.01. The molecule has 24 heavy (non-hydrogen) atoms. The van der Waals surface area contributed by atoms with Gasteiger partial charge in [-0.15, -0.1) is 23.5 Å². The Morgan fingerprint density at radius 2 is 1.88 bits per heavy atom. The van der Waals surface area contributed by atoms with Gasteiger partial charge in [-0.1, -0.05) is 24.3 Å². The van der Waals surface area contributed by atoms with Gasteiger partial charge in [0.05, 0.1) is 19.1 Å². The minimum atomic E-state index is -0.106. The van der Waals surface area contributed by atoms with Crippen LogP contribution in [0.15, 0.2) is 58.5 Å². The van der Waals surface area contributed by atoms with Crippen molar-refractivity contribution in [1.82, 2.24) is 5.43 Å². The third kappa shape index (κ3) is 6.29. The number of rotatable bonds is 8. The second-order valence-corrected chi connectivity index (χ2v) is 6.77. The summed E-state index contributed by atoms with van der Waals surface area (Å²) < 4.78 is 5.12. The number of carbonyl (C=O) groups excluding carboxylic acids is 1. The van der Waals surface area contributed by atoms with Crippen molar-refractivity contribution in [3.63, 3.8) is 0 Å². The van der Waals surface area contributed by atoms with E-state index in [2.05, 4.69) is 10.5 Å². The zero-order valence-corrected chi connectivity index (χ0v) is 15.3. The largest absolute Gasteiger partial charge is 0.497 e. The average molecular weight is 361 g/mol. The minimum absolute atomic E-state index is 0.106. The van der Waals surface area contributed by atoms with Crippen molar-refractivity contribution in [3.8, 4) is 5.75 Å². The van der Waals surface area contributed by atoms with Crippen LogP contribution in [0.3, 0.4) is 0 Å². The molecule has 2 aromatic carbocycles. The lowest BCUT2D eigenvalue weighted by molar-refractivity contribution is -0.118. The molecule has 0 unspecified atom stereocenters. The summed E-state index contributed by atoms with van der Waals surface area (Å²) in [6, 6.07) is 15.8. The first-order valence-corrected chi connectivity index (χ1v) is 9.76. The van der Waals surface area contributed by atoms with Gasteiger partial charge in [0, 0.05) is 10.6 Å². The van der Waals surface area contributed by atoms with Crippen LogP contribution in [0.25, 0.3) is 0 Å². The second kappa shape index (κ2) is 10.1. The third-order valence-electron chi connectivity index (χ3n) is 3.18. The van der Waals surface area contributed by atoms with Crippen molar-refractivity contribution >= 4 is 35.6 Å². The molecule has 0 saturated carbocycles. The van der Waals surface area contributed by atoms with Gasteiger partial charge in [0.25, 0.3) is 0 Å². The maximum absolute atomic E-state index is 11.8. The first kappa shape index (κ1) is 18.4. The van der Waals surface area contributed by atoms with Gasteiger partial charge in [-0.3, -0.25) is 4.79 Å². The quantitative estimate of drug-likeness (QED) is 0.442. The summed E-state index contributed by atoms with van der Waals surface area (Å²) in [5.74, 6) is 1.87. The molecule has 0 aromatic heterocycles. The summed E-state index contributed by atoms with van der Waals surface area (Å²) in [5.41, 5.74) is 4.66. The molecular formula is C18H20N2O2S2. The van der Waals surface area contributed by atoms with Crippen LogP contribution in [-0.2, 0) is 10.5 Å². The molecule has 0 atom stereocenters. The Kier molecular flexibility index (Phi) is 7.71. The predicted molar refractivity (Wildman–Crippen MR) is 103 cm³/mol. The Hall–Kier alpha value is -1.92. The number of benzene rings is 2. The van der Waals surface area contributed by atoms with Gasteiger partial charge in [0.15, 0.2) is 0 Å². The summed E-state index contributed by atoms with van der Waals surface area (Å²) in [7, 11) is 1.64. The van der Waals surface area contributed by atoms with Crippen LogP contribution in [-0.4, -0.2) is 31.2 Å². The lowest BCUT2D eigenvalue weighted by Crippen LogP contribution is -2.19. The van der Waals surface area contributed by atoms with Gasteiger partial charge in [0.1, 0.15) is 5.75 Å². The fourth-order valence-corrected chi connectivity index (χ4v) is 3.07. The highest BCUT2D eigenvalue weighted by atomic mass is 32.2. The SMILES string of the molecule is COc1ccc(CSCC(=O)N/N=C\c2ccc(SC)cc2)cc1. The number of carbonyl (C=O) groups is 1. The van der Waals surface area contributed by atoms with E-state index in [1.807, 2.05) is 54.8 Å². The van der Waals surface area contributed by atoms with Crippen LogP contribution in [0.2, 0.25) is 0 Å². The highest BCUT2D eigenvalue weighted by Crippen LogP contribution is 2.16. The Labute approximate surface area is 151 Å². The van der Waals surface area contributed by atoms with Gasteiger partial charge in [-0.25, -0.2) is 5.43 Å². The van der Waals surface area contributed by atoms with E-state index >= 15 is 0 Å². The maximum Gasteiger partial charge on any atom is 0.250 e. The van der Waals surface area contributed by atoms with Crippen LogP contribution in [0, 0.1) is 0 Å². The molecular weight excluding hydrogens is 340 g/mol. The molecule has 0 fully saturated rings. The van der Waals surface area contributed by atoms with Crippen LogP contribution >= 0.6 is 23.5 Å². The zero-order chi connectivity index (χ0) is 17.2. The molecule has 6 heteroatoms. The Morgan fingerprint density at radius 3 is 2.50 bits per heavy atom. The summed E-state index contributed by atoms with van der Waals surface area (Å²) in [6.07, 6.45) is 3.68. The maximum atomic E-state index is 11.8. The number of nitrogens with one attached hydrogen (secondary N) is 1. The van der Waals surface area contributed by atoms with Crippen LogP contribution in [0.5, 0.6) is 5.75 Å². The number of thioether (sulfide) groups is 2. The molecule has 126 valence electrons. The van der Waals surface area contributed by atoms with Gasteiger partial charge in [-0.2, -0.15) is 5.10 Å². The van der Waals surface area contributed by atoms with E-state index in [-0.39, 0.29) is 5.91 Å². The number of hydrazone groups is 1. The van der Waals surface area contributed by atoms with Crippen LogP contribution in [0.1, 0.15) is 11.1 Å². The molecule has 1 amide bonds. The summed E-state index contributed by atoms with van der Waals surface area (Å²) >= 11 is 3.24. The molecule has 0 aliphatic rings. The van der Waals surface area contributed by atoms with E-state index in [1.165, 1.54) is 4.90 Å². The lowest BCUT2D eigenvalue weighted by Gasteiger charge is -2.03. The zero-order valence-electron chi connectivity index (χ0n) is 13.7. The fraction of sp³-hybridized carbons (Fsp3) is 0.222. The normalized spacial score (nSPS) is 10.8. The number of nitrogens with zero attached hydrogens (tertiary/aromatic N) is 1. The van der Waals surface area contributed by atoms with Crippen molar-refractivity contribution in [2.24, 2.45) is 5.10 Å². The van der Waals surface area contributed by atoms with Crippen LogP contribution in [0.4, 0.5) is 0 Å². The predicted octanol–water partition coefficient (Wildman–Crippen LogP) is 3.80. The van der Waals surface area contributed by atoms with Gasteiger partial charge >= 0.3 is 0 Å². The smallest absolute Gasteiger partial charge is 0.250 e. The van der Waals surface area contributed by atoms with Crippen molar-refractivity contribution in [3.05, 3.63) is 59.7 Å². The van der Waals surface area contributed by atoms with E-state index in [9.17, 15) is 4.79 Å². The number of hydrogen-bond donors (Lipinski definition) is 1. The number of hydrogen-bond acceptors (Lipinski definition) is 5.